The maximum Gasteiger partial charge on any atom is 0.118 e. The molecule has 1 rings (SSSR count). The number of aryl methyl sites for hydroxylation is 1. The highest BCUT2D eigenvalue weighted by Crippen LogP contribution is 2.15. The van der Waals surface area contributed by atoms with Crippen LogP contribution in [0.25, 0.3) is 0 Å². The summed E-state index contributed by atoms with van der Waals surface area (Å²) in [5.41, 5.74) is 1.27. The zero-order chi connectivity index (χ0) is 12.0. The first-order valence-electron chi connectivity index (χ1n) is 6.08. The molecule has 3 nitrogen and oxygen atoms in total. The van der Waals surface area contributed by atoms with Crippen LogP contribution in [0.1, 0.15) is 36.8 Å². The van der Waals surface area contributed by atoms with Gasteiger partial charge in [0.15, 0.2) is 0 Å². The minimum atomic E-state index is 0.883. The average Bonchev–Trinajstić information content (AvgIpc) is 2.57. The number of hydrogen-bond donors (Lipinski definition) is 1. The number of rotatable bonds is 7. The van der Waals surface area contributed by atoms with Crippen molar-refractivity contribution < 1.29 is 4.42 Å². The van der Waals surface area contributed by atoms with Crippen LogP contribution in [-0.2, 0) is 13.1 Å². The number of unbranched alkanes of at least 4 members (excludes halogenated alkanes) is 1. The normalized spacial score (nSPS) is 11.3. The van der Waals surface area contributed by atoms with Crippen molar-refractivity contribution in [3.8, 4) is 0 Å². The third-order valence-corrected chi connectivity index (χ3v) is 2.76. The molecule has 0 aliphatic carbocycles. The van der Waals surface area contributed by atoms with Gasteiger partial charge in [0.2, 0.25) is 0 Å². The summed E-state index contributed by atoms with van der Waals surface area (Å²) in [6, 6.07) is 2.16. The molecule has 0 spiro atoms. The smallest absolute Gasteiger partial charge is 0.118 e. The summed E-state index contributed by atoms with van der Waals surface area (Å²) in [5, 5.41) is 3.15. The molecule has 0 saturated carbocycles. The summed E-state index contributed by atoms with van der Waals surface area (Å²) in [7, 11) is 4.10. The lowest BCUT2D eigenvalue weighted by Crippen LogP contribution is -2.18. The van der Waals surface area contributed by atoms with Gasteiger partial charge in [0.05, 0.1) is 6.54 Å². The third kappa shape index (κ3) is 3.99. The fourth-order valence-corrected chi connectivity index (χ4v) is 1.80. The lowest BCUT2D eigenvalue weighted by Gasteiger charge is -2.13. The molecule has 92 valence electrons. The van der Waals surface area contributed by atoms with Crippen LogP contribution in [0.15, 0.2) is 10.5 Å². The number of hydrogen-bond acceptors (Lipinski definition) is 3. The van der Waals surface area contributed by atoms with Gasteiger partial charge in [-0.05, 0) is 40.1 Å². The number of nitrogens with one attached hydrogen (secondary N) is 1. The van der Waals surface area contributed by atoms with Crippen molar-refractivity contribution in [3.05, 3.63) is 23.2 Å². The van der Waals surface area contributed by atoms with E-state index in [0.29, 0.717) is 0 Å². The Morgan fingerprint density at radius 1 is 1.44 bits per heavy atom. The average molecular weight is 224 g/mol. The van der Waals surface area contributed by atoms with Gasteiger partial charge in [-0.25, -0.2) is 0 Å². The molecule has 0 aliphatic rings. The molecule has 0 unspecified atom stereocenters. The lowest BCUT2D eigenvalue weighted by atomic mass is 10.2. The second kappa shape index (κ2) is 6.71. The molecule has 0 atom stereocenters. The first kappa shape index (κ1) is 13.3. The summed E-state index contributed by atoms with van der Waals surface area (Å²) in [4.78, 5) is 2.31. The SMILES string of the molecule is CCCCN(C)Cc1cc(CNC)c(C)o1. The highest BCUT2D eigenvalue weighted by molar-refractivity contribution is 5.20. The standard InChI is InChI=1S/C13H24N2O/c1-5-6-7-15(4)10-13-8-12(9-14-3)11(2)16-13/h8,14H,5-7,9-10H2,1-4H3. The van der Waals surface area contributed by atoms with E-state index >= 15 is 0 Å². The van der Waals surface area contributed by atoms with Gasteiger partial charge in [0.1, 0.15) is 11.5 Å². The van der Waals surface area contributed by atoms with Crippen LogP contribution in [0.3, 0.4) is 0 Å². The van der Waals surface area contributed by atoms with E-state index in [2.05, 4.69) is 30.3 Å². The molecule has 1 heterocycles. The molecule has 0 fully saturated rings. The van der Waals surface area contributed by atoms with Crippen LogP contribution in [-0.4, -0.2) is 25.5 Å². The number of nitrogens with zero attached hydrogens (tertiary/aromatic N) is 1. The predicted octanol–water partition coefficient (Wildman–Crippen LogP) is 2.54. The quantitative estimate of drug-likeness (QED) is 0.771. The van der Waals surface area contributed by atoms with E-state index in [-0.39, 0.29) is 0 Å². The summed E-state index contributed by atoms with van der Waals surface area (Å²) in [6.45, 7) is 7.17. The molecule has 0 aliphatic heterocycles. The molecule has 1 N–H and O–H groups in total. The molecule has 3 heteroatoms. The maximum absolute atomic E-state index is 5.74. The molecular weight excluding hydrogens is 200 g/mol. The van der Waals surface area contributed by atoms with E-state index in [1.807, 2.05) is 14.0 Å². The van der Waals surface area contributed by atoms with E-state index in [4.69, 9.17) is 4.42 Å². The summed E-state index contributed by atoms with van der Waals surface area (Å²) in [6.07, 6.45) is 2.49. The van der Waals surface area contributed by atoms with Crippen molar-refractivity contribution in [3.63, 3.8) is 0 Å². The van der Waals surface area contributed by atoms with Crippen molar-refractivity contribution in [1.29, 1.82) is 0 Å². The van der Waals surface area contributed by atoms with Gasteiger partial charge < -0.3 is 9.73 Å². The second-order valence-electron chi connectivity index (χ2n) is 4.42. The molecule has 0 radical (unpaired) electrons. The van der Waals surface area contributed by atoms with Gasteiger partial charge in [0, 0.05) is 12.1 Å². The third-order valence-electron chi connectivity index (χ3n) is 2.76. The van der Waals surface area contributed by atoms with E-state index in [9.17, 15) is 0 Å². The minimum Gasteiger partial charge on any atom is -0.465 e. The number of furan rings is 1. The Kier molecular flexibility index (Phi) is 5.56. The summed E-state index contributed by atoms with van der Waals surface area (Å²) < 4.78 is 5.74. The van der Waals surface area contributed by atoms with Crippen LogP contribution in [0.5, 0.6) is 0 Å². The zero-order valence-corrected chi connectivity index (χ0v) is 11.0. The molecule has 1 aromatic rings. The van der Waals surface area contributed by atoms with Crippen LogP contribution >= 0.6 is 0 Å². The molecule has 0 bridgehead atoms. The Bertz CT molecular complexity index is 307. The Labute approximate surface area is 98.8 Å². The molecular formula is C13H24N2O. The van der Waals surface area contributed by atoms with E-state index in [1.165, 1.54) is 18.4 Å². The van der Waals surface area contributed by atoms with E-state index < -0.39 is 0 Å². The van der Waals surface area contributed by atoms with Crippen LogP contribution < -0.4 is 5.32 Å². The fourth-order valence-electron chi connectivity index (χ4n) is 1.80. The Morgan fingerprint density at radius 3 is 2.81 bits per heavy atom. The van der Waals surface area contributed by atoms with Gasteiger partial charge in [-0.3, -0.25) is 4.90 Å². The topological polar surface area (TPSA) is 28.4 Å². The van der Waals surface area contributed by atoms with Crippen molar-refractivity contribution >= 4 is 0 Å². The predicted molar refractivity (Wildman–Crippen MR) is 67.5 cm³/mol. The molecule has 0 saturated heterocycles. The Morgan fingerprint density at radius 2 is 2.19 bits per heavy atom. The van der Waals surface area contributed by atoms with Gasteiger partial charge in [0.25, 0.3) is 0 Å². The first-order valence-corrected chi connectivity index (χ1v) is 6.08. The van der Waals surface area contributed by atoms with Gasteiger partial charge in [-0.1, -0.05) is 13.3 Å². The summed E-state index contributed by atoms with van der Waals surface area (Å²) in [5.74, 6) is 2.11. The monoisotopic (exact) mass is 224 g/mol. The second-order valence-corrected chi connectivity index (χ2v) is 4.42. The highest BCUT2D eigenvalue weighted by atomic mass is 16.3. The van der Waals surface area contributed by atoms with Gasteiger partial charge in [-0.15, -0.1) is 0 Å². The van der Waals surface area contributed by atoms with Crippen molar-refractivity contribution in [2.45, 2.75) is 39.8 Å². The van der Waals surface area contributed by atoms with Gasteiger partial charge >= 0.3 is 0 Å². The lowest BCUT2D eigenvalue weighted by molar-refractivity contribution is 0.288. The largest absolute Gasteiger partial charge is 0.465 e. The van der Waals surface area contributed by atoms with Gasteiger partial charge in [-0.2, -0.15) is 0 Å². The maximum atomic E-state index is 5.74. The minimum absolute atomic E-state index is 0.883. The molecule has 0 aromatic carbocycles. The molecule has 1 aromatic heterocycles. The van der Waals surface area contributed by atoms with Crippen molar-refractivity contribution in [2.75, 3.05) is 20.6 Å². The van der Waals surface area contributed by atoms with E-state index in [1.54, 1.807) is 0 Å². The fraction of sp³-hybridized carbons (Fsp3) is 0.692. The summed E-state index contributed by atoms with van der Waals surface area (Å²) >= 11 is 0. The molecule has 0 amide bonds. The van der Waals surface area contributed by atoms with Crippen molar-refractivity contribution in [2.24, 2.45) is 0 Å². The zero-order valence-electron chi connectivity index (χ0n) is 11.0. The Balaban J connectivity index is 2.50. The Hall–Kier alpha value is -0.800. The van der Waals surface area contributed by atoms with Crippen molar-refractivity contribution in [1.82, 2.24) is 10.2 Å². The highest BCUT2D eigenvalue weighted by Gasteiger charge is 2.08. The van der Waals surface area contributed by atoms with E-state index in [0.717, 1.165) is 31.2 Å². The first-order chi connectivity index (χ1) is 7.67. The molecule has 16 heavy (non-hydrogen) atoms. The van der Waals surface area contributed by atoms with Crippen LogP contribution in [0.4, 0.5) is 0 Å². The van der Waals surface area contributed by atoms with Crippen LogP contribution in [0.2, 0.25) is 0 Å². The van der Waals surface area contributed by atoms with Crippen LogP contribution in [0, 0.1) is 6.92 Å².